The number of esters is 1. The quantitative estimate of drug-likeness (QED) is 0.778. The predicted octanol–water partition coefficient (Wildman–Crippen LogP) is 1.80. The van der Waals surface area contributed by atoms with Crippen LogP contribution in [-0.2, 0) is 4.74 Å². The third-order valence-corrected chi connectivity index (χ3v) is 2.89. The van der Waals surface area contributed by atoms with Gasteiger partial charge in [-0.2, -0.15) is 0 Å². The fourth-order valence-electron chi connectivity index (χ4n) is 1.69. The lowest BCUT2D eigenvalue weighted by Crippen LogP contribution is -2.27. The molecular weight excluding hydrogens is 218 g/mol. The first-order chi connectivity index (χ1) is 8.20. The van der Waals surface area contributed by atoms with Crippen molar-refractivity contribution in [2.45, 2.75) is 32.2 Å². The van der Waals surface area contributed by atoms with Crippen molar-refractivity contribution in [3.8, 4) is 0 Å². The average Bonchev–Trinajstić information content (AvgIpc) is 2.25. The van der Waals surface area contributed by atoms with Gasteiger partial charge < -0.3 is 15.8 Å². The Morgan fingerprint density at radius 3 is 3.00 bits per heavy atom. The summed E-state index contributed by atoms with van der Waals surface area (Å²) in [4.78, 5) is 15.8. The third kappa shape index (κ3) is 2.67. The molecule has 0 unspecified atom stereocenters. The normalized spacial score (nSPS) is 15.1. The SMILES string of the molecule is CCOC(=O)c1cc(NC2CCC2)ncc1N. The van der Waals surface area contributed by atoms with Gasteiger partial charge in [-0.15, -0.1) is 0 Å². The van der Waals surface area contributed by atoms with E-state index in [1.165, 1.54) is 12.6 Å². The maximum atomic E-state index is 11.6. The summed E-state index contributed by atoms with van der Waals surface area (Å²) in [6.45, 7) is 2.11. The van der Waals surface area contributed by atoms with Crippen LogP contribution < -0.4 is 11.1 Å². The number of nitrogens with one attached hydrogen (secondary N) is 1. The lowest BCUT2D eigenvalue weighted by molar-refractivity contribution is 0.0527. The first-order valence-corrected chi connectivity index (χ1v) is 5.90. The fraction of sp³-hybridized carbons (Fsp3) is 0.500. The van der Waals surface area contributed by atoms with Crippen LogP contribution in [-0.4, -0.2) is 23.6 Å². The Bertz CT molecular complexity index is 416. The van der Waals surface area contributed by atoms with Gasteiger partial charge in [0.15, 0.2) is 0 Å². The number of carbonyl (C=O) groups excluding carboxylic acids is 1. The molecular formula is C12H17N3O2. The van der Waals surface area contributed by atoms with Crippen LogP contribution in [0.4, 0.5) is 11.5 Å². The zero-order chi connectivity index (χ0) is 12.3. The molecule has 0 spiro atoms. The third-order valence-electron chi connectivity index (χ3n) is 2.89. The summed E-state index contributed by atoms with van der Waals surface area (Å²) in [5.41, 5.74) is 6.43. The second-order valence-electron chi connectivity index (χ2n) is 4.15. The van der Waals surface area contributed by atoms with E-state index in [0.29, 0.717) is 29.7 Å². The molecule has 92 valence electrons. The molecule has 0 atom stereocenters. The van der Waals surface area contributed by atoms with Crippen LogP contribution in [0.5, 0.6) is 0 Å². The predicted molar refractivity (Wildman–Crippen MR) is 65.9 cm³/mol. The lowest BCUT2D eigenvalue weighted by Gasteiger charge is -2.27. The number of anilines is 2. The second-order valence-corrected chi connectivity index (χ2v) is 4.15. The van der Waals surface area contributed by atoms with E-state index in [2.05, 4.69) is 10.3 Å². The zero-order valence-corrected chi connectivity index (χ0v) is 9.90. The summed E-state index contributed by atoms with van der Waals surface area (Å²) in [7, 11) is 0. The van der Waals surface area contributed by atoms with Gasteiger partial charge >= 0.3 is 5.97 Å². The van der Waals surface area contributed by atoms with Crippen LogP contribution in [0, 0.1) is 0 Å². The van der Waals surface area contributed by atoms with Crippen molar-refractivity contribution >= 4 is 17.5 Å². The molecule has 1 aliphatic rings. The minimum Gasteiger partial charge on any atom is -0.462 e. The molecule has 3 N–H and O–H groups in total. The smallest absolute Gasteiger partial charge is 0.340 e. The standard InChI is InChI=1S/C12H17N3O2/c1-2-17-12(16)9-6-11(14-7-10(9)13)15-8-4-3-5-8/h6-8H,2-5,13H2,1H3,(H,14,15). The van der Waals surface area contributed by atoms with E-state index < -0.39 is 5.97 Å². The van der Waals surface area contributed by atoms with E-state index in [4.69, 9.17) is 10.5 Å². The number of nitrogen functional groups attached to an aromatic ring is 1. The van der Waals surface area contributed by atoms with Gasteiger partial charge in [-0.1, -0.05) is 0 Å². The first kappa shape index (κ1) is 11.7. The van der Waals surface area contributed by atoms with Gasteiger partial charge in [0.25, 0.3) is 0 Å². The molecule has 0 saturated heterocycles. The maximum absolute atomic E-state index is 11.6. The maximum Gasteiger partial charge on any atom is 0.340 e. The topological polar surface area (TPSA) is 77.2 Å². The highest BCUT2D eigenvalue weighted by molar-refractivity contribution is 5.95. The highest BCUT2D eigenvalue weighted by Crippen LogP contribution is 2.24. The summed E-state index contributed by atoms with van der Waals surface area (Å²) in [5, 5.41) is 3.27. The Morgan fingerprint density at radius 1 is 1.65 bits per heavy atom. The number of nitrogens with zero attached hydrogens (tertiary/aromatic N) is 1. The van der Waals surface area contributed by atoms with Crippen LogP contribution in [0.3, 0.4) is 0 Å². The van der Waals surface area contributed by atoms with Crippen molar-refractivity contribution in [3.63, 3.8) is 0 Å². The molecule has 0 aromatic carbocycles. The molecule has 0 amide bonds. The van der Waals surface area contributed by atoms with Crippen molar-refractivity contribution in [2.24, 2.45) is 0 Å². The van der Waals surface area contributed by atoms with Crippen molar-refractivity contribution < 1.29 is 9.53 Å². The Labute approximate surface area is 100 Å². The summed E-state index contributed by atoms with van der Waals surface area (Å²) in [5.74, 6) is 0.288. The van der Waals surface area contributed by atoms with E-state index in [9.17, 15) is 4.79 Å². The number of nitrogens with two attached hydrogens (primary N) is 1. The second kappa shape index (κ2) is 5.03. The Balaban J connectivity index is 2.13. The van der Waals surface area contributed by atoms with Crippen LogP contribution in [0.15, 0.2) is 12.3 Å². The molecule has 0 aliphatic heterocycles. The summed E-state index contributed by atoms with van der Waals surface area (Å²) < 4.78 is 4.93. The zero-order valence-electron chi connectivity index (χ0n) is 9.90. The van der Waals surface area contributed by atoms with Crippen LogP contribution in [0.25, 0.3) is 0 Å². The van der Waals surface area contributed by atoms with Crippen LogP contribution >= 0.6 is 0 Å². The van der Waals surface area contributed by atoms with Gasteiger partial charge in [0, 0.05) is 6.04 Å². The Kier molecular flexibility index (Phi) is 3.46. The number of carbonyl (C=O) groups is 1. The summed E-state index contributed by atoms with van der Waals surface area (Å²) in [6, 6.07) is 2.13. The van der Waals surface area contributed by atoms with Gasteiger partial charge in [-0.3, -0.25) is 0 Å². The van der Waals surface area contributed by atoms with Gasteiger partial charge in [-0.25, -0.2) is 9.78 Å². The van der Waals surface area contributed by atoms with E-state index in [-0.39, 0.29) is 0 Å². The molecule has 5 nitrogen and oxygen atoms in total. The number of hydrogen-bond donors (Lipinski definition) is 2. The van der Waals surface area contributed by atoms with Crippen molar-refractivity contribution in [1.82, 2.24) is 4.98 Å². The molecule has 1 fully saturated rings. The van der Waals surface area contributed by atoms with Crippen LogP contribution in [0.1, 0.15) is 36.5 Å². The number of pyridine rings is 1. The first-order valence-electron chi connectivity index (χ1n) is 5.90. The minimum absolute atomic E-state index is 0.339. The molecule has 17 heavy (non-hydrogen) atoms. The largest absolute Gasteiger partial charge is 0.462 e. The van der Waals surface area contributed by atoms with Crippen molar-refractivity contribution in [2.75, 3.05) is 17.7 Å². The Hall–Kier alpha value is -1.78. The van der Waals surface area contributed by atoms with E-state index in [0.717, 1.165) is 12.8 Å². The van der Waals surface area contributed by atoms with Crippen molar-refractivity contribution in [3.05, 3.63) is 17.8 Å². The lowest BCUT2D eigenvalue weighted by atomic mass is 9.93. The van der Waals surface area contributed by atoms with Gasteiger partial charge in [-0.05, 0) is 32.3 Å². The molecule has 0 bridgehead atoms. The molecule has 1 aromatic heterocycles. The van der Waals surface area contributed by atoms with Gasteiger partial charge in [0.1, 0.15) is 5.82 Å². The van der Waals surface area contributed by atoms with E-state index in [1.807, 2.05) is 0 Å². The van der Waals surface area contributed by atoms with Crippen molar-refractivity contribution in [1.29, 1.82) is 0 Å². The highest BCUT2D eigenvalue weighted by Gasteiger charge is 2.19. The molecule has 1 saturated carbocycles. The summed E-state index contributed by atoms with van der Waals surface area (Å²) in [6.07, 6.45) is 5.05. The Morgan fingerprint density at radius 2 is 2.41 bits per heavy atom. The molecule has 5 heteroatoms. The minimum atomic E-state index is -0.399. The van der Waals surface area contributed by atoms with Crippen LogP contribution in [0.2, 0.25) is 0 Å². The number of ether oxygens (including phenoxy) is 1. The number of hydrogen-bond acceptors (Lipinski definition) is 5. The average molecular weight is 235 g/mol. The molecule has 1 aromatic rings. The number of rotatable bonds is 4. The summed E-state index contributed by atoms with van der Waals surface area (Å²) >= 11 is 0. The van der Waals surface area contributed by atoms with Gasteiger partial charge in [0.05, 0.1) is 24.1 Å². The van der Waals surface area contributed by atoms with E-state index in [1.54, 1.807) is 13.0 Å². The monoisotopic (exact) mass is 235 g/mol. The molecule has 2 rings (SSSR count). The highest BCUT2D eigenvalue weighted by atomic mass is 16.5. The number of aromatic nitrogens is 1. The molecule has 1 heterocycles. The van der Waals surface area contributed by atoms with E-state index >= 15 is 0 Å². The van der Waals surface area contributed by atoms with Gasteiger partial charge in [0.2, 0.25) is 0 Å². The molecule has 1 aliphatic carbocycles. The molecule has 0 radical (unpaired) electrons. The fourth-order valence-corrected chi connectivity index (χ4v) is 1.69.